The van der Waals surface area contributed by atoms with Gasteiger partial charge < -0.3 is 4.74 Å². The van der Waals surface area contributed by atoms with Crippen LogP contribution in [0.25, 0.3) is 0 Å². The predicted molar refractivity (Wildman–Crippen MR) is 62.7 cm³/mol. The van der Waals surface area contributed by atoms with Gasteiger partial charge in [-0.25, -0.2) is 13.2 Å². The SMILES string of the molecule is O=C(c1ccc(F)cc1F)C(F)(F)Oc1ccc(F)cc1. The number of ether oxygens (including phenoxy) is 1. The van der Waals surface area contributed by atoms with Gasteiger partial charge in [-0.3, -0.25) is 4.79 Å². The van der Waals surface area contributed by atoms with E-state index in [2.05, 4.69) is 4.74 Å². The Morgan fingerprint density at radius 2 is 1.48 bits per heavy atom. The lowest BCUT2D eigenvalue weighted by Crippen LogP contribution is -2.35. The van der Waals surface area contributed by atoms with Crippen LogP contribution in [0.3, 0.4) is 0 Å². The van der Waals surface area contributed by atoms with Crippen molar-refractivity contribution in [2.45, 2.75) is 6.11 Å². The summed E-state index contributed by atoms with van der Waals surface area (Å²) in [7, 11) is 0. The highest BCUT2D eigenvalue weighted by atomic mass is 19.3. The first-order valence-corrected chi connectivity index (χ1v) is 5.62. The van der Waals surface area contributed by atoms with Crippen LogP contribution in [-0.4, -0.2) is 11.9 Å². The van der Waals surface area contributed by atoms with E-state index in [-0.39, 0.29) is 0 Å². The third kappa shape index (κ3) is 3.36. The number of rotatable bonds is 4. The fraction of sp³-hybridized carbons (Fsp3) is 0.0714. The Bertz CT molecular complexity index is 668. The standard InChI is InChI=1S/C14H7F5O2/c15-8-1-4-10(5-2-8)21-14(18,19)13(20)11-6-3-9(16)7-12(11)17/h1-7H. The number of hydrogen-bond acceptors (Lipinski definition) is 2. The lowest BCUT2D eigenvalue weighted by molar-refractivity contribution is -0.134. The quantitative estimate of drug-likeness (QED) is 0.631. The molecule has 0 saturated heterocycles. The fourth-order valence-electron chi connectivity index (χ4n) is 1.53. The summed E-state index contributed by atoms with van der Waals surface area (Å²) in [6.45, 7) is 0. The van der Waals surface area contributed by atoms with Gasteiger partial charge in [0, 0.05) is 6.07 Å². The zero-order chi connectivity index (χ0) is 15.6. The molecule has 0 aromatic heterocycles. The molecule has 0 unspecified atom stereocenters. The van der Waals surface area contributed by atoms with Crippen LogP contribution in [0.15, 0.2) is 42.5 Å². The summed E-state index contributed by atoms with van der Waals surface area (Å²) in [6.07, 6.45) is -4.38. The first-order valence-electron chi connectivity index (χ1n) is 5.62. The van der Waals surface area contributed by atoms with Gasteiger partial charge in [-0.15, -0.1) is 0 Å². The van der Waals surface area contributed by atoms with Crippen LogP contribution >= 0.6 is 0 Å². The van der Waals surface area contributed by atoms with Crippen molar-refractivity contribution >= 4 is 5.78 Å². The van der Waals surface area contributed by atoms with Crippen molar-refractivity contribution in [3.63, 3.8) is 0 Å². The maximum Gasteiger partial charge on any atom is 0.466 e. The molecular formula is C14H7F5O2. The van der Waals surface area contributed by atoms with E-state index in [1.165, 1.54) is 0 Å². The summed E-state index contributed by atoms with van der Waals surface area (Å²) in [5.74, 6) is -5.56. The maximum absolute atomic E-state index is 13.6. The number of ketones is 1. The third-order valence-electron chi connectivity index (χ3n) is 2.50. The van der Waals surface area contributed by atoms with Crippen molar-refractivity contribution in [3.8, 4) is 5.75 Å². The van der Waals surface area contributed by atoms with Gasteiger partial charge in [0.05, 0.1) is 5.56 Å². The van der Waals surface area contributed by atoms with Gasteiger partial charge in [-0.05, 0) is 36.4 Å². The molecule has 2 nitrogen and oxygen atoms in total. The Morgan fingerprint density at radius 1 is 0.905 bits per heavy atom. The molecule has 0 bridgehead atoms. The minimum absolute atomic E-state index is 0.307. The largest absolute Gasteiger partial charge is 0.466 e. The van der Waals surface area contributed by atoms with Crippen LogP contribution in [0.4, 0.5) is 22.0 Å². The van der Waals surface area contributed by atoms with Gasteiger partial charge in [-0.2, -0.15) is 8.78 Å². The summed E-state index contributed by atoms with van der Waals surface area (Å²) >= 11 is 0. The molecule has 110 valence electrons. The van der Waals surface area contributed by atoms with Crippen LogP contribution in [0, 0.1) is 17.5 Å². The van der Waals surface area contributed by atoms with Crippen LogP contribution in [0.1, 0.15) is 10.4 Å². The zero-order valence-electron chi connectivity index (χ0n) is 10.2. The van der Waals surface area contributed by atoms with Crippen molar-refractivity contribution < 1.29 is 31.5 Å². The molecule has 2 aromatic carbocycles. The minimum Gasteiger partial charge on any atom is -0.426 e. The molecular weight excluding hydrogens is 295 g/mol. The molecule has 0 aliphatic heterocycles. The molecule has 0 radical (unpaired) electrons. The molecule has 0 aliphatic carbocycles. The molecule has 0 spiro atoms. The molecule has 2 aromatic rings. The van der Waals surface area contributed by atoms with E-state index in [1.807, 2.05) is 0 Å². The number of hydrogen-bond donors (Lipinski definition) is 0. The van der Waals surface area contributed by atoms with Crippen LogP contribution in [0.2, 0.25) is 0 Å². The molecule has 0 aliphatic rings. The third-order valence-corrected chi connectivity index (χ3v) is 2.50. The van der Waals surface area contributed by atoms with E-state index in [0.717, 1.165) is 24.3 Å². The number of Topliss-reactive ketones (excluding diaryl/α,β-unsaturated/α-hetero) is 1. The summed E-state index contributed by atoms with van der Waals surface area (Å²) < 4.78 is 70.1. The Morgan fingerprint density at radius 3 is 2.05 bits per heavy atom. The second-order valence-electron chi connectivity index (χ2n) is 4.03. The summed E-state index contributed by atoms with van der Waals surface area (Å²) in [5, 5.41) is 0. The second-order valence-corrected chi connectivity index (χ2v) is 4.03. The Hall–Kier alpha value is -2.44. The highest BCUT2D eigenvalue weighted by molar-refractivity contribution is 6.00. The lowest BCUT2D eigenvalue weighted by atomic mass is 10.1. The van der Waals surface area contributed by atoms with Gasteiger partial charge in [0.25, 0.3) is 5.78 Å². The summed E-state index contributed by atoms with van der Waals surface area (Å²) in [5.41, 5.74) is -1.01. The van der Waals surface area contributed by atoms with E-state index in [4.69, 9.17) is 0 Å². The first kappa shape index (κ1) is 15.0. The van der Waals surface area contributed by atoms with Gasteiger partial charge in [0.1, 0.15) is 23.2 Å². The average molecular weight is 302 g/mol. The second kappa shape index (κ2) is 5.51. The van der Waals surface area contributed by atoms with E-state index < -0.39 is 40.7 Å². The predicted octanol–water partition coefficient (Wildman–Crippen LogP) is 3.96. The summed E-state index contributed by atoms with van der Waals surface area (Å²) in [6, 6.07) is 5.05. The van der Waals surface area contributed by atoms with E-state index >= 15 is 0 Å². The fourth-order valence-corrected chi connectivity index (χ4v) is 1.53. The molecule has 0 amide bonds. The Balaban J connectivity index is 2.25. The molecule has 21 heavy (non-hydrogen) atoms. The molecule has 7 heteroatoms. The van der Waals surface area contributed by atoms with Crippen molar-refractivity contribution in [2.24, 2.45) is 0 Å². The summed E-state index contributed by atoms with van der Waals surface area (Å²) in [4.78, 5) is 11.6. The van der Waals surface area contributed by atoms with Gasteiger partial charge in [0.15, 0.2) is 0 Å². The monoisotopic (exact) mass is 302 g/mol. The van der Waals surface area contributed by atoms with Gasteiger partial charge in [-0.1, -0.05) is 0 Å². The minimum atomic E-state index is -4.38. The highest BCUT2D eigenvalue weighted by Gasteiger charge is 2.43. The normalized spacial score (nSPS) is 11.3. The molecule has 0 saturated carbocycles. The van der Waals surface area contributed by atoms with Crippen molar-refractivity contribution in [2.75, 3.05) is 0 Å². The van der Waals surface area contributed by atoms with Gasteiger partial charge >= 0.3 is 6.11 Å². The van der Waals surface area contributed by atoms with Crippen LogP contribution in [-0.2, 0) is 0 Å². The number of halogens is 5. The first-order chi connectivity index (χ1) is 9.79. The Labute approximate surface area is 115 Å². The molecule has 2 rings (SSSR count). The van der Waals surface area contributed by atoms with E-state index in [9.17, 15) is 26.7 Å². The maximum atomic E-state index is 13.6. The lowest BCUT2D eigenvalue weighted by Gasteiger charge is -2.16. The van der Waals surface area contributed by atoms with Crippen molar-refractivity contribution in [1.29, 1.82) is 0 Å². The van der Waals surface area contributed by atoms with E-state index in [1.54, 1.807) is 0 Å². The van der Waals surface area contributed by atoms with Crippen molar-refractivity contribution in [1.82, 2.24) is 0 Å². The number of benzene rings is 2. The van der Waals surface area contributed by atoms with Crippen LogP contribution in [0.5, 0.6) is 5.75 Å². The molecule has 0 N–H and O–H groups in total. The Kier molecular flexibility index (Phi) is 3.93. The zero-order valence-corrected chi connectivity index (χ0v) is 10.2. The van der Waals surface area contributed by atoms with Crippen LogP contribution < -0.4 is 4.74 Å². The average Bonchev–Trinajstić information content (AvgIpc) is 2.40. The van der Waals surface area contributed by atoms with E-state index in [0.29, 0.717) is 18.2 Å². The van der Waals surface area contributed by atoms with Crippen molar-refractivity contribution in [3.05, 3.63) is 65.5 Å². The smallest absolute Gasteiger partial charge is 0.426 e. The molecule has 0 fully saturated rings. The number of carbonyl (C=O) groups excluding carboxylic acids is 1. The molecule has 0 heterocycles. The topological polar surface area (TPSA) is 26.3 Å². The van der Waals surface area contributed by atoms with Gasteiger partial charge in [0.2, 0.25) is 0 Å². The molecule has 0 atom stereocenters. The highest BCUT2D eigenvalue weighted by Crippen LogP contribution is 2.26. The number of carbonyl (C=O) groups is 1. The number of alkyl halides is 2.